The lowest BCUT2D eigenvalue weighted by molar-refractivity contribution is -0.116. The van der Waals surface area contributed by atoms with E-state index in [0.29, 0.717) is 28.2 Å². The molecule has 7 nitrogen and oxygen atoms in total. The maximum absolute atomic E-state index is 13.7. The summed E-state index contributed by atoms with van der Waals surface area (Å²) < 4.78 is 15.4. The van der Waals surface area contributed by atoms with E-state index in [1.807, 2.05) is 19.9 Å². The average molecular weight is 462 g/mol. The minimum Gasteiger partial charge on any atom is -0.326 e. The third kappa shape index (κ3) is 6.05. The number of hydrogen-bond donors (Lipinski definition) is 2. The molecule has 0 aliphatic carbocycles. The molecule has 10 heteroatoms. The van der Waals surface area contributed by atoms with Crippen molar-refractivity contribution in [2.24, 2.45) is 0 Å². The SMILES string of the molecule is CCn1c(CC(=O)Nc2ccc(C)c(Cl)c2)nnc1SCC(=O)Nc1ccccc1F. The molecule has 0 radical (unpaired) electrons. The molecule has 162 valence electrons. The normalized spacial score (nSPS) is 10.7. The van der Waals surface area contributed by atoms with E-state index in [-0.39, 0.29) is 29.7 Å². The summed E-state index contributed by atoms with van der Waals surface area (Å²) in [6.45, 7) is 4.31. The van der Waals surface area contributed by atoms with Gasteiger partial charge in [0.25, 0.3) is 0 Å². The lowest BCUT2D eigenvalue weighted by Gasteiger charge is -2.09. The van der Waals surface area contributed by atoms with E-state index in [9.17, 15) is 14.0 Å². The van der Waals surface area contributed by atoms with Crippen molar-refractivity contribution in [3.63, 3.8) is 0 Å². The van der Waals surface area contributed by atoms with Gasteiger partial charge in [-0.2, -0.15) is 0 Å². The van der Waals surface area contributed by atoms with Crippen LogP contribution in [0.4, 0.5) is 15.8 Å². The number of anilines is 2. The van der Waals surface area contributed by atoms with E-state index in [1.54, 1.807) is 28.8 Å². The van der Waals surface area contributed by atoms with Crippen molar-refractivity contribution in [1.29, 1.82) is 0 Å². The molecule has 0 spiro atoms. The van der Waals surface area contributed by atoms with Crippen molar-refractivity contribution in [3.05, 3.63) is 64.7 Å². The molecule has 0 bridgehead atoms. The molecular formula is C21H21ClFN5O2S. The van der Waals surface area contributed by atoms with Gasteiger partial charge in [-0.05, 0) is 43.7 Å². The van der Waals surface area contributed by atoms with Gasteiger partial charge in [0, 0.05) is 17.3 Å². The fraction of sp³-hybridized carbons (Fsp3) is 0.238. The summed E-state index contributed by atoms with van der Waals surface area (Å²) >= 11 is 7.26. The smallest absolute Gasteiger partial charge is 0.234 e. The first-order chi connectivity index (χ1) is 14.9. The standard InChI is InChI=1S/C21H21ClFN5O2S/c1-3-28-18(11-19(29)24-14-9-8-13(2)15(22)10-14)26-27-21(28)31-12-20(30)25-17-7-5-4-6-16(17)23/h4-10H,3,11-12H2,1-2H3,(H,24,29)(H,25,30). The fourth-order valence-corrected chi connectivity index (χ4v) is 3.77. The Labute approximate surface area is 188 Å². The third-order valence-electron chi connectivity index (χ3n) is 4.36. The largest absolute Gasteiger partial charge is 0.326 e. The summed E-state index contributed by atoms with van der Waals surface area (Å²) in [5.41, 5.74) is 1.65. The minimum atomic E-state index is -0.499. The van der Waals surface area contributed by atoms with Gasteiger partial charge in [-0.3, -0.25) is 9.59 Å². The molecule has 1 aromatic heterocycles. The number of nitrogens with one attached hydrogen (secondary N) is 2. The number of hydrogen-bond acceptors (Lipinski definition) is 5. The van der Waals surface area contributed by atoms with E-state index in [0.717, 1.165) is 5.56 Å². The predicted molar refractivity (Wildman–Crippen MR) is 120 cm³/mol. The van der Waals surface area contributed by atoms with Crippen LogP contribution in [0.2, 0.25) is 5.02 Å². The highest BCUT2D eigenvalue weighted by atomic mass is 35.5. The second-order valence-electron chi connectivity index (χ2n) is 6.65. The van der Waals surface area contributed by atoms with Gasteiger partial charge in [-0.1, -0.05) is 41.6 Å². The fourth-order valence-electron chi connectivity index (χ4n) is 2.77. The third-order valence-corrected chi connectivity index (χ3v) is 5.74. The number of amides is 2. The Morgan fingerprint density at radius 2 is 1.90 bits per heavy atom. The van der Waals surface area contributed by atoms with Gasteiger partial charge in [0.2, 0.25) is 11.8 Å². The lowest BCUT2D eigenvalue weighted by Crippen LogP contribution is -2.18. The van der Waals surface area contributed by atoms with Crippen LogP contribution < -0.4 is 10.6 Å². The number of carbonyl (C=O) groups is 2. The van der Waals surface area contributed by atoms with E-state index in [4.69, 9.17) is 11.6 Å². The Kier molecular flexibility index (Phi) is 7.64. The molecule has 0 atom stereocenters. The van der Waals surface area contributed by atoms with E-state index >= 15 is 0 Å². The van der Waals surface area contributed by atoms with Gasteiger partial charge in [-0.25, -0.2) is 4.39 Å². The number of benzene rings is 2. The van der Waals surface area contributed by atoms with E-state index in [2.05, 4.69) is 20.8 Å². The van der Waals surface area contributed by atoms with Crippen molar-refractivity contribution in [2.45, 2.75) is 32.0 Å². The van der Waals surface area contributed by atoms with Crippen LogP contribution in [0, 0.1) is 12.7 Å². The molecule has 0 saturated heterocycles. The first-order valence-electron chi connectivity index (χ1n) is 9.52. The van der Waals surface area contributed by atoms with Crippen molar-refractivity contribution < 1.29 is 14.0 Å². The number of halogens is 2. The van der Waals surface area contributed by atoms with Crippen LogP contribution in [-0.4, -0.2) is 32.3 Å². The summed E-state index contributed by atoms with van der Waals surface area (Å²) in [6.07, 6.45) is 0.0221. The van der Waals surface area contributed by atoms with Crippen LogP contribution in [-0.2, 0) is 22.6 Å². The molecule has 0 aliphatic rings. The number of nitrogens with zero attached hydrogens (tertiary/aromatic N) is 3. The van der Waals surface area contributed by atoms with Crippen molar-refractivity contribution >= 4 is 46.6 Å². The average Bonchev–Trinajstić information content (AvgIpc) is 3.12. The van der Waals surface area contributed by atoms with Gasteiger partial charge < -0.3 is 15.2 Å². The zero-order valence-corrected chi connectivity index (χ0v) is 18.6. The first kappa shape index (κ1) is 22.8. The highest BCUT2D eigenvalue weighted by molar-refractivity contribution is 7.99. The maximum Gasteiger partial charge on any atom is 0.234 e. The van der Waals surface area contributed by atoms with Gasteiger partial charge in [0.1, 0.15) is 11.6 Å². The maximum atomic E-state index is 13.7. The van der Waals surface area contributed by atoms with Crippen molar-refractivity contribution in [1.82, 2.24) is 14.8 Å². The highest BCUT2D eigenvalue weighted by Gasteiger charge is 2.16. The second-order valence-corrected chi connectivity index (χ2v) is 8.00. The van der Waals surface area contributed by atoms with Crippen LogP contribution in [0.15, 0.2) is 47.6 Å². The minimum absolute atomic E-state index is 0.0221. The zero-order valence-electron chi connectivity index (χ0n) is 17.0. The summed E-state index contributed by atoms with van der Waals surface area (Å²) in [5, 5.41) is 14.6. The molecule has 0 saturated carbocycles. The number of carbonyl (C=O) groups excluding carboxylic acids is 2. The first-order valence-corrected chi connectivity index (χ1v) is 10.9. The van der Waals surface area contributed by atoms with Crippen LogP contribution in [0.5, 0.6) is 0 Å². The molecule has 0 fully saturated rings. The van der Waals surface area contributed by atoms with Gasteiger partial charge in [-0.15, -0.1) is 10.2 Å². The van der Waals surface area contributed by atoms with E-state index < -0.39 is 5.82 Å². The van der Waals surface area contributed by atoms with Crippen LogP contribution in [0.25, 0.3) is 0 Å². The summed E-state index contributed by atoms with van der Waals surface area (Å²) in [5.74, 6) is -0.608. The van der Waals surface area contributed by atoms with Gasteiger partial charge in [0.05, 0.1) is 17.9 Å². The van der Waals surface area contributed by atoms with Crippen LogP contribution in [0.1, 0.15) is 18.3 Å². The summed E-state index contributed by atoms with van der Waals surface area (Å²) in [4.78, 5) is 24.6. The predicted octanol–water partition coefficient (Wildman–Crippen LogP) is 4.31. The Balaban J connectivity index is 1.59. The number of rotatable bonds is 8. The number of thioether (sulfide) groups is 1. The van der Waals surface area contributed by atoms with E-state index in [1.165, 1.54) is 23.9 Å². The van der Waals surface area contributed by atoms with Crippen LogP contribution in [0.3, 0.4) is 0 Å². The molecule has 0 unspecified atom stereocenters. The molecule has 2 aromatic carbocycles. The molecular weight excluding hydrogens is 441 g/mol. The molecule has 3 aromatic rings. The number of para-hydroxylation sites is 1. The quantitative estimate of drug-likeness (QED) is 0.488. The molecule has 31 heavy (non-hydrogen) atoms. The second kappa shape index (κ2) is 10.4. The van der Waals surface area contributed by atoms with Crippen molar-refractivity contribution in [2.75, 3.05) is 16.4 Å². The lowest BCUT2D eigenvalue weighted by atomic mass is 10.2. The molecule has 2 amide bonds. The number of aryl methyl sites for hydroxylation is 1. The zero-order chi connectivity index (χ0) is 22.4. The summed E-state index contributed by atoms with van der Waals surface area (Å²) in [7, 11) is 0. The van der Waals surface area contributed by atoms with Gasteiger partial charge in [0.15, 0.2) is 5.16 Å². The summed E-state index contributed by atoms with van der Waals surface area (Å²) in [6, 6.07) is 11.3. The monoisotopic (exact) mass is 461 g/mol. The Hall–Kier alpha value is -2.91. The Bertz CT molecular complexity index is 1110. The van der Waals surface area contributed by atoms with Gasteiger partial charge >= 0.3 is 0 Å². The van der Waals surface area contributed by atoms with Crippen LogP contribution >= 0.6 is 23.4 Å². The van der Waals surface area contributed by atoms with Crippen molar-refractivity contribution in [3.8, 4) is 0 Å². The Morgan fingerprint density at radius 3 is 2.61 bits per heavy atom. The molecule has 0 aliphatic heterocycles. The molecule has 1 heterocycles. The highest BCUT2D eigenvalue weighted by Crippen LogP contribution is 2.21. The molecule has 3 rings (SSSR count). The number of aromatic nitrogens is 3. The topological polar surface area (TPSA) is 88.9 Å². The molecule has 2 N–H and O–H groups in total. The Morgan fingerprint density at radius 1 is 1.13 bits per heavy atom.